The second-order valence-electron chi connectivity index (χ2n) is 6.19. The molecule has 2 atom stereocenters. The third-order valence-corrected chi connectivity index (χ3v) is 5.00. The minimum absolute atomic E-state index is 0.268. The zero-order valence-corrected chi connectivity index (χ0v) is 15.5. The van der Waals surface area contributed by atoms with Gasteiger partial charge in [-0.05, 0) is 30.2 Å². The quantitative estimate of drug-likeness (QED) is 0.768. The summed E-state index contributed by atoms with van der Waals surface area (Å²) < 4.78 is 0. The van der Waals surface area contributed by atoms with Gasteiger partial charge in [0.2, 0.25) is 11.8 Å². The number of nitrogens with zero attached hydrogens (tertiary/aromatic N) is 1. The predicted molar refractivity (Wildman–Crippen MR) is 103 cm³/mol. The van der Waals surface area contributed by atoms with Crippen LogP contribution in [-0.4, -0.2) is 24.9 Å². The highest BCUT2D eigenvalue weighted by atomic mass is 35.5. The molecule has 3 rings (SSSR count). The van der Waals surface area contributed by atoms with Crippen molar-refractivity contribution >= 4 is 40.7 Å². The van der Waals surface area contributed by atoms with Crippen molar-refractivity contribution < 1.29 is 9.59 Å². The SMILES string of the molecule is NC(CNC(=O)C1CCN(c2cc(Cl)ccc2Cl)C1=O)c1ccccc1. The van der Waals surface area contributed by atoms with Crippen molar-refractivity contribution in [2.75, 3.05) is 18.0 Å². The Hall–Kier alpha value is -2.08. The first-order valence-corrected chi connectivity index (χ1v) is 9.07. The van der Waals surface area contributed by atoms with Gasteiger partial charge < -0.3 is 16.0 Å². The second kappa shape index (κ2) is 8.08. The van der Waals surface area contributed by atoms with Crippen LogP contribution < -0.4 is 16.0 Å². The summed E-state index contributed by atoms with van der Waals surface area (Å²) in [4.78, 5) is 26.6. The molecule has 7 heteroatoms. The molecule has 0 aromatic heterocycles. The number of nitrogens with one attached hydrogen (secondary N) is 1. The van der Waals surface area contributed by atoms with Gasteiger partial charge in [0, 0.05) is 24.2 Å². The number of carbonyl (C=O) groups excluding carboxylic acids is 2. The number of rotatable bonds is 5. The maximum absolute atomic E-state index is 12.7. The standard InChI is InChI=1S/C19H19Cl2N3O2/c20-13-6-7-15(21)17(10-13)24-9-8-14(19(24)26)18(25)23-11-16(22)12-4-2-1-3-5-12/h1-7,10,14,16H,8-9,11,22H2,(H,23,25). The lowest BCUT2D eigenvalue weighted by Crippen LogP contribution is -2.39. The maximum atomic E-state index is 12.7. The molecule has 2 unspecified atom stereocenters. The number of carbonyl (C=O) groups is 2. The molecule has 1 saturated heterocycles. The highest BCUT2D eigenvalue weighted by Crippen LogP contribution is 2.33. The van der Waals surface area contributed by atoms with E-state index in [1.54, 1.807) is 18.2 Å². The molecule has 0 bridgehead atoms. The van der Waals surface area contributed by atoms with Crippen LogP contribution in [0.2, 0.25) is 10.0 Å². The van der Waals surface area contributed by atoms with Gasteiger partial charge in [-0.1, -0.05) is 53.5 Å². The Bertz CT molecular complexity index is 814. The lowest BCUT2D eigenvalue weighted by molar-refractivity contribution is -0.132. The fourth-order valence-electron chi connectivity index (χ4n) is 3.01. The molecule has 1 aliphatic rings. The molecule has 1 aliphatic heterocycles. The molecule has 0 saturated carbocycles. The predicted octanol–water partition coefficient (Wildman–Crippen LogP) is 3.16. The Morgan fingerprint density at radius 3 is 2.69 bits per heavy atom. The van der Waals surface area contributed by atoms with Gasteiger partial charge >= 0.3 is 0 Å². The van der Waals surface area contributed by atoms with Gasteiger partial charge in [0.1, 0.15) is 5.92 Å². The number of hydrogen-bond donors (Lipinski definition) is 2. The van der Waals surface area contributed by atoms with E-state index in [1.165, 1.54) is 4.90 Å². The van der Waals surface area contributed by atoms with Crippen LogP contribution in [-0.2, 0) is 9.59 Å². The lowest BCUT2D eigenvalue weighted by atomic mass is 10.1. The minimum atomic E-state index is -0.743. The van der Waals surface area contributed by atoms with E-state index in [-0.39, 0.29) is 24.4 Å². The highest BCUT2D eigenvalue weighted by Gasteiger charge is 2.38. The van der Waals surface area contributed by atoms with Gasteiger partial charge in [-0.15, -0.1) is 0 Å². The van der Waals surface area contributed by atoms with Crippen LogP contribution in [0.4, 0.5) is 5.69 Å². The van der Waals surface area contributed by atoms with E-state index in [9.17, 15) is 9.59 Å². The Labute approximate surface area is 162 Å². The van der Waals surface area contributed by atoms with E-state index < -0.39 is 5.92 Å². The highest BCUT2D eigenvalue weighted by molar-refractivity contribution is 6.36. The fourth-order valence-corrected chi connectivity index (χ4v) is 3.39. The normalized spacial score (nSPS) is 18.0. The van der Waals surface area contributed by atoms with Crippen molar-refractivity contribution in [2.24, 2.45) is 11.7 Å². The molecule has 1 fully saturated rings. The number of nitrogens with two attached hydrogens (primary N) is 1. The number of anilines is 1. The number of amides is 2. The topological polar surface area (TPSA) is 75.4 Å². The smallest absolute Gasteiger partial charge is 0.239 e. The van der Waals surface area contributed by atoms with Crippen LogP contribution >= 0.6 is 23.2 Å². The molecule has 2 aromatic rings. The largest absolute Gasteiger partial charge is 0.354 e. The van der Waals surface area contributed by atoms with Gasteiger partial charge in [0.25, 0.3) is 0 Å². The molecule has 136 valence electrons. The van der Waals surface area contributed by atoms with Crippen LogP contribution in [0.15, 0.2) is 48.5 Å². The summed E-state index contributed by atoms with van der Waals surface area (Å²) in [5, 5.41) is 3.69. The third-order valence-electron chi connectivity index (χ3n) is 4.44. The molecule has 5 nitrogen and oxygen atoms in total. The number of benzene rings is 2. The summed E-state index contributed by atoms with van der Waals surface area (Å²) in [7, 11) is 0. The zero-order valence-electron chi connectivity index (χ0n) is 14.0. The van der Waals surface area contributed by atoms with Crippen molar-refractivity contribution in [3.63, 3.8) is 0 Å². The van der Waals surface area contributed by atoms with E-state index in [0.29, 0.717) is 28.7 Å². The van der Waals surface area contributed by atoms with Crippen LogP contribution in [0.3, 0.4) is 0 Å². The number of hydrogen-bond acceptors (Lipinski definition) is 3. The van der Waals surface area contributed by atoms with E-state index in [2.05, 4.69) is 5.32 Å². The molecular formula is C19H19Cl2N3O2. The van der Waals surface area contributed by atoms with Gasteiger partial charge in [0.15, 0.2) is 0 Å². The minimum Gasteiger partial charge on any atom is -0.354 e. The van der Waals surface area contributed by atoms with Gasteiger partial charge in [-0.25, -0.2) is 0 Å². The molecule has 1 heterocycles. The zero-order chi connectivity index (χ0) is 18.7. The molecule has 0 spiro atoms. The van der Waals surface area contributed by atoms with Gasteiger partial charge in [0.05, 0.1) is 10.7 Å². The second-order valence-corrected chi connectivity index (χ2v) is 7.03. The van der Waals surface area contributed by atoms with E-state index in [4.69, 9.17) is 28.9 Å². The monoisotopic (exact) mass is 391 g/mol. The maximum Gasteiger partial charge on any atom is 0.239 e. The van der Waals surface area contributed by atoms with Crippen molar-refractivity contribution in [1.82, 2.24) is 5.32 Å². The van der Waals surface area contributed by atoms with Gasteiger partial charge in [-0.2, -0.15) is 0 Å². The molecule has 3 N–H and O–H groups in total. The lowest BCUT2D eigenvalue weighted by Gasteiger charge is -2.19. The fraction of sp³-hybridized carbons (Fsp3) is 0.263. The van der Waals surface area contributed by atoms with E-state index in [1.807, 2.05) is 30.3 Å². The molecule has 26 heavy (non-hydrogen) atoms. The summed E-state index contributed by atoms with van der Waals surface area (Å²) in [5.41, 5.74) is 7.55. The van der Waals surface area contributed by atoms with Crippen LogP contribution in [0.25, 0.3) is 0 Å². The van der Waals surface area contributed by atoms with E-state index >= 15 is 0 Å². The van der Waals surface area contributed by atoms with Crippen LogP contribution in [0.5, 0.6) is 0 Å². The molecule has 0 radical (unpaired) electrons. The molecule has 0 aliphatic carbocycles. The first kappa shape index (κ1) is 18.7. The summed E-state index contributed by atoms with van der Waals surface area (Å²) in [5.74, 6) is -1.34. The molecule has 2 aromatic carbocycles. The molecule has 2 amide bonds. The van der Waals surface area contributed by atoms with Gasteiger partial charge in [-0.3, -0.25) is 9.59 Å². The van der Waals surface area contributed by atoms with E-state index in [0.717, 1.165) is 5.56 Å². The Morgan fingerprint density at radius 2 is 1.96 bits per heavy atom. The van der Waals surface area contributed by atoms with Crippen molar-refractivity contribution in [3.05, 3.63) is 64.1 Å². The Morgan fingerprint density at radius 1 is 1.23 bits per heavy atom. The van der Waals surface area contributed by atoms with Crippen LogP contribution in [0.1, 0.15) is 18.0 Å². The van der Waals surface area contributed by atoms with Crippen molar-refractivity contribution in [3.8, 4) is 0 Å². The van der Waals surface area contributed by atoms with Crippen molar-refractivity contribution in [2.45, 2.75) is 12.5 Å². The average molecular weight is 392 g/mol. The summed E-state index contributed by atoms with van der Waals surface area (Å²) >= 11 is 12.2. The Kier molecular flexibility index (Phi) is 5.81. The first-order valence-electron chi connectivity index (χ1n) is 8.32. The summed E-state index contributed by atoms with van der Waals surface area (Å²) in [6, 6.07) is 14.1. The average Bonchev–Trinajstić information content (AvgIpc) is 3.03. The number of halogens is 2. The third kappa shape index (κ3) is 4.01. The van der Waals surface area contributed by atoms with Crippen LogP contribution in [0, 0.1) is 5.92 Å². The molecular weight excluding hydrogens is 373 g/mol. The van der Waals surface area contributed by atoms with Crippen molar-refractivity contribution in [1.29, 1.82) is 0 Å². The summed E-state index contributed by atoms with van der Waals surface area (Å²) in [6.07, 6.45) is 0.425. The first-order chi connectivity index (χ1) is 12.5. The summed E-state index contributed by atoms with van der Waals surface area (Å²) in [6.45, 7) is 0.687. The Balaban J connectivity index is 1.62.